The van der Waals surface area contributed by atoms with Crippen LogP contribution in [-0.2, 0) is 12.4 Å². The van der Waals surface area contributed by atoms with Crippen LogP contribution in [0.4, 0.5) is 26.3 Å². The highest BCUT2D eigenvalue weighted by molar-refractivity contribution is 6.02. The standard InChI is InChI=1S/C18H8F6N2/c19-17(20,21)13-5-1-11(2-6-13)15(9-25)16(10-26)12-3-7-14(8-4-12)18(22,23)24/h1-8H/b16-15+. The lowest BCUT2D eigenvalue weighted by Crippen LogP contribution is -2.05. The Morgan fingerprint density at radius 2 is 0.846 bits per heavy atom. The smallest absolute Gasteiger partial charge is 0.192 e. The summed E-state index contributed by atoms with van der Waals surface area (Å²) < 4.78 is 75.6. The van der Waals surface area contributed by atoms with Crippen molar-refractivity contribution in [3.63, 3.8) is 0 Å². The molecule has 0 unspecified atom stereocenters. The minimum atomic E-state index is -4.56. The highest BCUT2D eigenvalue weighted by Gasteiger charge is 2.31. The van der Waals surface area contributed by atoms with Gasteiger partial charge in [-0.05, 0) is 35.4 Å². The molecule has 0 aromatic heterocycles. The van der Waals surface area contributed by atoms with Gasteiger partial charge in [-0.1, -0.05) is 24.3 Å². The van der Waals surface area contributed by atoms with Gasteiger partial charge < -0.3 is 0 Å². The topological polar surface area (TPSA) is 47.6 Å². The Morgan fingerprint density at radius 1 is 0.577 bits per heavy atom. The fraction of sp³-hybridized carbons (Fsp3) is 0.111. The van der Waals surface area contributed by atoms with Crippen LogP contribution in [0.2, 0.25) is 0 Å². The zero-order chi connectivity index (χ0) is 19.5. The van der Waals surface area contributed by atoms with Crippen LogP contribution in [0.25, 0.3) is 11.1 Å². The average Bonchev–Trinajstić information content (AvgIpc) is 2.58. The first-order chi connectivity index (χ1) is 12.1. The van der Waals surface area contributed by atoms with Crippen molar-refractivity contribution in [3.8, 4) is 12.1 Å². The first kappa shape index (κ1) is 19.1. The van der Waals surface area contributed by atoms with E-state index in [1.807, 2.05) is 0 Å². The molecule has 0 fully saturated rings. The molecular weight excluding hydrogens is 358 g/mol. The molecule has 0 spiro atoms. The number of halogens is 6. The van der Waals surface area contributed by atoms with Crippen LogP contribution in [0.15, 0.2) is 48.5 Å². The highest BCUT2D eigenvalue weighted by Crippen LogP contribution is 2.33. The lowest BCUT2D eigenvalue weighted by atomic mass is 9.95. The summed E-state index contributed by atoms with van der Waals surface area (Å²) >= 11 is 0. The van der Waals surface area contributed by atoms with E-state index in [4.69, 9.17) is 0 Å². The lowest BCUT2D eigenvalue weighted by Gasteiger charge is -2.10. The molecule has 2 aromatic rings. The van der Waals surface area contributed by atoms with Crippen molar-refractivity contribution in [2.24, 2.45) is 0 Å². The van der Waals surface area contributed by atoms with E-state index >= 15 is 0 Å². The van der Waals surface area contributed by atoms with Crippen LogP contribution in [-0.4, -0.2) is 0 Å². The van der Waals surface area contributed by atoms with Crippen LogP contribution in [0.3, 0.4) is 0 Å². The van der Waals surface area contributed by atoms with Crippen LogP contribution >= 0.6 is 0 Å². The first-order valence-electron chi connectivity index (χ1n) is 6.97. The molecule has 0 heterocycles. The molecule has 0 aliphatic heterocycles. The van der Waals surface area contributed by atoms with Gasteiger partial charge in [-0.2, -0.15) is 36.9 Å². The summed E-state index contributed by atoms with van der Waals surface area (Å²) in [4.78, 5) is 0. The minimum Gasteiger partial charge on any atom is -0.192 e. The van der Waals surface area contributed by atoms with Gasteiger partial charge in [0.05, 0.1) is 22.3 Å². The number of nitriles is 2. The number of benzene rings is 2. The van der Waals surface area contributed by atoms with Crippen molar-refractivity contribution >= 4 is 11.1 Å². The number of rotatable bonds is 2. The SMILES string of the molecule is N#C/C(=C(/C#N)c1ccc(C(F)(F)F)cc1)c1ccc(C(F)(F)F)cc1. The Bertz CT molecular complexity index is 828. The maximum absolute atomic E-state index is 12.6. The van der Waals surface area contributed by atoms with Crippen LogP contribution in [0.5, 0.6) is 0 Å². The average molecular weight is 366 g/mol. The molecule has 132 valence electrons. The van der Waals surface area contributed by atoms with Crippen LogP contribution in [0, 0.1) is 22.7 Å². The third kappa shape index (κ3) is 4.04. The zero-order valence-electron chi connectivity index (χ0n) is 12.8. The molecule has 8 heteroatoms. The molecule has 0 saturated carbocycles. The molecule has 0 amide bonds. The van der Waals surface area contributed by atoms with Gasteiger partial charge in [0.15, 0.2) is 0 Å². The van der Waals surface area contributed by atoms with Gasteiger partial charge in [-0.15, -0.1) is 0 Å². The summed E-state index contributed by atoms with van der Waals surface area (Å²) in [7, 11) is 0. The van der Waals surface area contributed by atoms with Crippen molar-refractivity contribution in [2.45, 2.75) is 12.4 Å². The van der Waals surface area contributed by atoms with Gasteiger partial charge in [-0.25, -0.2) is 0 Å². The van der Waals surface area contributed by atoms with Crippen LogP contribution in [0.1, 0.15) is 22.3 Å². The minimum absolute atomic E-state index is 0.0527. The largest absolute Gasteiger partial charge is 0.416 e. The second kappa shape index (κ2) is 6.93. The van der Waals surface area contributed by atoms with Crippen molar-refractivity contribution < 1.29 is 26.3 Å². The first-order valence-corrected chi connectivity index (χ1v) is 6.97. The van der Waals surface area contributed by atoms with Crippen molar-refractivity contribution in [3.05, 3.63) is 70.8 Å². The number of alkyl halides is 6. The Hall–Kier alpha value is -3.26. The Morgan fingerprint density at radius 3 is 1.04 bits per heavy atom. The molecule has 0 N–H and O–H groups in total. The second-order valence-corrected chi connectivity index (χ2v) is 5.12. The quantitative estimate of drug-likeness (QED) is 0.390. The Labute approximate surface area is 144 Å². The monoisotopic (exact) mass is 366 g/mol. The summed E-state index contributed by atoms with van der Waals surface area (Å²) in [6.07, 6.45) is -9.11. The number of allylic oxidation sites excluding steroid dienone is 2. The molecular formula is C18H8F6N2. The third-order valence-electron chi connectivity index (χ3n) is 3.48. The third-order valence-corrected chi connectivity index (χ3v) is 3.48. The van der Waals surface area contributed by atoms with Gasteiger partial charge in [0, 0.05) is 0 Å². The van der Waals surface area contributed by atoms with Crippen LogP contribution < -0.4 is 0 Å². The molecule has 0 saturated heterocycles. The maximum atomic E-state index is 12.6. The fourth-order valence-corrected chi connectivity index (χ4v) is 2.18. The molecule has 2 nitrogen and oxygen atoms in total. The predicted octanol–water partition coefficient (Wildman–Crippen LogP) is 5.68. The molecule has 2 aromatic carbocycles. The highest BCUT2D eigenvalue weighted by atomic mass is 19.4. The summed E-state index contributed by atoms with van der Waals surface area (Å²) in [5.41, 5.74) is -2.21. The summed E-state index contributed by atoms with van der Waals surface area (Å²) in [5.74, 6) is 0. The molecule has 0 aliphatic carbocycles. The van der Waals surface area contributed by atoms with E-state index in [0.717, 1.165) is 48.5 Å². The number of hydrogen-bond acceptors (Lipinski definition) is 2. The molecule has 0 bridgehead atoms. The summed E-state index contributed by atoms with van der Waals surface area (Å²) in [6.45, 7) is 0. The van der Waals surface area contributed by atoms with Gasteiger partial charge >= 0.3 is 12.4 Å². The van der Waals surface area contributed by atoms with E-state index in [0.29, 0.717) is 0 Å². The van der Waals surface area contributed by atoms with Crippen molar-refractivity contribution in [2.75, 3.05) is 0 Å². The van der Waals surface area contributed by atoms with E-state index in [1.54, 1.807) is 12.1 Å². The van der Waals surface area contributed by atoms with Gasteiger partial charge in [0.1, 0.15) is 12.1 Å². The molecule has 0 radical (unpaired) electrons. The van der Waals surface area contributed by atoms with Gasteiger partial charge in [-0.3, -0.25) is 0 Å². The lowest BCUT2D eigenvalue weighted by molar-refractivity contribution is -0.138. The van der Waals surface area contributed by atoms with E-state index in [-0.39, 0.29) is 22.3 Å². The van der Waals surface area contributed by atoms with E-state index in [9.17, 15) is 36.9 Å². The van der Waals surface area contributed by atoms with Gasteiger partial charge in [0.25, 0.3) is 0 Å². The Kier molecular flexibility index (Phi) is 5.08. The van der Waals surface area contributed by atoms with E-state index in [2.05, 4.69) is 0 Å². The molecule has 0 aliphatic rings. The van der Waals surface area contributed by atoms with Crippen molar-refractivity contribution in [1.29, 1.82) is 10.5 Å². The number of nitrogens with zero attached hydrogens (tertiary/aromatic N) is 2. The van der Waals surface area contributed by atoms with Gasteiger partial charge in [0.2, 0.25) is 0 Å². The number of hydrogen-bond donors (Lipinski definition) is 0. The summed E-state index contributed by atoms with van der Waals surface area (Å²) in [5, 5.41) is 18.6. The van der Waals surface area contributed by atoms with E-state index < -0.39 is 23.5 Å². The Balaban J connectivity index is 2.52. The normalized spacial score (nSPS) is 12.8. The maximum Gasteiger partial charge on any atom is 0.416 e. The summed E-state index contributed by atoms with van der Waals surface area (Å²) in [6, 6.07) is 10.6. The molecule has 2 rings (SSSR count). The molecule has 26 heavy (non-hydrogen) atoms. The van der Waals surface area contributed by atoms with Crippen molar-refractivity contribution in [1.82, 2.24) is 0 Å². The second-order valence-electron chi connectivity index (χ2n) is 5.12. The molecule has 0 atom stereocenters. The fourth-order valence-electron chi connectivity index (χ4n) is 2.18. The zero-order valence-corrected chi connectivity index (χ0v) is 12.8. The predicted molar refractivity (Wildman–Crippen MR) is 80.9 cm³/mol. The van der Waals surface area contributed by atoms with E-state index in [1.165, 1.54) is 0 Å².